The molecule has 0 atom stereocenters. The number of furan rings is 1. The number of aromatic nitrogens is 1. The van der Waals surface area contributed by atoms with Gasteiger partial charge in [0.1, 0.15) is 18.1 Å². The van der Waals surface area contributed by atoms with Gasteiger partial charge in [-0.25, -0.2) is 0 Å². The van der Waals surface area contributed by atoms with E-state index in [1.807, 2.05) is 32.2 Å². The highest BCUT2D eigenvalue weighted by Gasteiger charge is 2.06. The molecule has 0 saturated heterocycles. The van der Waals surface area contributed by atoms with Crippen LogP contribution in [0.1, 0.15) is 17.0 Å². The number of aryl methyl sites for hydroxylation is 1. The van der Waals surface area contributed by atoms with Crippen molar-refractivity contribution >= 4 is 0 Å². The molecular formula is C13H16N2O2. The summed E-state index contributed by atoms with van der Waals surface area (Å²) in [7, 11) is 1.89. The SMILES string of the molecule is CNCc1occc1COc1ccc(C)nc1. The van der Waals surface area contributed by atoms with Gasteiger partial charge in [0.25, 0.3) is 0 Å². The van der Waals surface area contributed by atoms with Crippen molar-refractivity contribution < 1.29 is 9.15 Å². The van der Waals surface area contributed by atoms with Crippen LogP contribution in [0.5, 0.6) is 5.75 Å². The van der Waals surface area contributed by atoms with E-state index in [-0.39, 0.29) is 0 Å². The maximum Gasteiger partial charge on any atom is 0.138 e. The van der Waals surface area contributed by atoms with Crippen molar-refractivity contribution in [3.63, 3.8) is 0 Å². The van der Waals surface area contributed by atoms with Crippen molar-refractivity contribution in [3.05, 3.63) is 47.7 Å². The molecule has 0 fully saturated rings. The van der Waals surface area contributed by atoms with Crippen LogP contribution in [0.25, 0.3) is 0 Å². The summed E-state index contributed by atoms with van der Waals surface area (Å²) in [4.78, 5) is 4.18. The summed E-state index contributed by atoms with van der Waals surface area (Å²) in [6, 6.07) is 5.77. The lowest BCUT2D eigenvalue weighted by molar-refractivity contribution is 0.300. The predicted molar refractivity (Wildman–Crippen MR) is 64.8 cm³/mol. The van der Waals surface area contributed by atoms with Gasteiger partial charge in [-0.2, -0.15) is 0 Å². The normalized spacial score (nSPS) is 10.5. The molecule has 90 valence electrons. The Bertz CT molecular complexity index is 463. The third-order valence-corrected chi connectivity index (χ3v) is 2.45. The molecule has 0 spiro atoms. The predicted octanol–water partition coefficient (Wildman–Crippen LogP) is 2.28. The Kier molecular flexibility index (Phi) is 3.77. The lowest BCUT2D eigenvalue weighted by Crippen LogP contribution is -2.07. The van der Waals surface area contributed by atoms with Gasteiger partial charge < -0.3 is 14.5 Å². The van der Waals surface area contributed by atoms with Crippen LogP contribution in [-0.2, 0) is 13.2 Å². The Morgan fingerprint density at radius 1 is 1.35 bits per heavy atom. The standard InChI is InChI=1S/C13H16N2O2/c1-10-3-4-12(7-15-10)17-9-11-5-6-16-13(11)8-14-2/h3-7,14H,8-9H2,1-2H3. The fourth-order valence-electron chi connectivity index (χ4n) is 1.51. The molecule has 4 nitrogen and oxygen atoms in total. The van der Waals surface area contributed by atoms with E-state index in [0.29, 0.717) is 13.2 Å². The average Bonchev–Trinajstić information content (AvgIpc) is 2.77. The van der Waals surface area contributed by atoms with Crippen LogP contribution in [0, 0.1) is 6.92 Å². The zero-order valence-electron chi connectivity index (χ0n) is 10.1. The Labute approximate surface area is 101 Å². The molecule has 0 aliphatic heterocycles. The maximum absolute atomic E-state index is 5.64. The number of ether oxygens (including phenoxy) is 1. The minimum Gasteiger partial charge on any atom is -0.487 e. The van der Waals surface area contributed by atoms with Gasteiger partial charge in [-0.05, 0) is 32.2 Å². The van der Waals surface area contributed by atoms with Crippen molar-refractivity contribution in [2.24, 2.45) is 0 Å². The molecule has 2 aromatic heterocycles. The molecule has 0 aliphatic carbocycles. The molecule has 4 heteroatoms. The fraction of sp³-hybridized carbons (Fsp3) is 0.308. The highest BCUT2D eigenvalue weighted by Crippen LogP contribution is 2.15. The van der Waals surface area contributed by atoms with E-state index in [1.165, 1.54) is 0 Å². The number of hydrogen-bond donors (Lipinski definition) is 1. The molecule has 1 N–H and O–H groups in total. The third-order valence-electron chi connectivity index (χ3n) is 2.45. The topological polar surface area (TPSA) is 47.3 Å². The van der Waals surface area contributed by atoms with E-state index in [0.717, 1.165) is 22.8 Å². The highest BCUT2D eigenvalue weighted by molar-refractivity contribution is 5.21. The minimum absolute atomic E-state index is 0.498. The summed E-state index contributed by atoms with van der Waals surface area (Å²) in [6.45, 7) is 3.15. The van der Waals surface area contributed by atoms with Crippen LogP contribution < -0.4 is 10.1 Å². The average molecular weight is 232 g/mol. The van der Waals surface area contributed by atoms with E-state index in [2.05, 4.69) is 10.3 Å². The summed E-state index contributed by atoms with van der Waals surface area (Å²) in [5, 5.41) is 3.05. The van der Waals surface area contributed by atoms with Gasteiger partial charge in [0.05, 0.1) is 19.0 Å². The molecule has 0 radical (unpaired) electrons. The van der Waals surface area contributed by atoms with Crippen molar-refractivity contribution in [1.29, 1.82) is 0 Å². The highest BCUT2D eigenvalue weighted by atomic mass is 16.5. The molecule has 0 bridgehead atoms. The second-order valence-corrected chi connectivity index (χ2v) is 3.82. The van der Waals surface area contributed by atoms with Gasteiger partial charge in [-0.1, -0.05) is 0 Å². The lowest BCUT2D eigenvalue weighted by Gasteiger charge is -2.06. The number of nitrogens with one attached hydrogen (secondary N) is 1. The Balaban J connectivity index is 1.97. The van der Waals surface area contributed by atoms with Crippen LogP contribution in [0.3, 0.4) is 0 Å². The molecule has 0 unspecified atom stereocenters. The first-order valence-corrected chi connectivity index (χ1v) is 5.55. The Morgan fingerprint density at radius 2 is 2.24 bits per heavy atom. The molecular weight excluding hydrogens is 216 g/mol. The van der Waals surface area contributed by atoms with Crippen LogP contribution in [0.15, 0.2) is 35.1 Å². The van der Waals surface area contributed by atoms with Gasteiger partial charge >= 0.3 is 0 Å². The van der Waals surface area contributed by atoms with Crippen LogP contribution in [-0.4, -0.2) is 12.0 Å². The van der Waals surface area contributed by atoms with E-state index in [4.69, 9.17) is 9.15 Å². The van der Waals surface area contributed by atoms with E-state index in [1.54, 1.807) is 12.5 Å². The number of nitrogens with zero attached hydrogens (tertiary/aromatic N) is 1. The Hall–Kier alpha value is -1.81. The molecule has 0 saturated carbocycles. The maximum atomic E-state index is 5.64. The summed E-state index contributed by atoms with van der Waals surface area (Å²) < 4.78 is 11.0. The van der Waals surface area contributed by atoms with Crippen molar-refractivity contribution in [1.82, 2.24) is 10.3 Å². The van der Waals surface area contributed by atoms with Crippen molar-refractivity contribution in [2.45, 2.75) is 20.1 Å². The second-order valence-electron chi connectivity index (χ2n) is 3.82. The van der Waals surface area contributed by atoms with Crippen molar-refractivity contribution in [2.75, 3.05) is 7.05 Å². The van der Waals surface area contributed by atoms with Gasteiger partial charge in [-0.15, -0.1) is 0 Å². The van der Waals surface area contributed by atoms with Gasteiger partial charge in [0, 0.05) is 11.3 Å². The van der Waals surface area contributed by atoms with E-state index >= 15 is 0 Å². The van der Waals surface area contributed by atoms with Gasteiger partial charge in [0.2, 0.25) is 0 Å². The molecule has 2 rings (SSSR count). The Morgan fingerprint density at radius 3 is 2.94 bits per heavy atom. The zero-order valence-corrected chi connectivity index (χ0v) is 10.1. The largest absolute Gasteiger partial charge is 0.487 e. The van der Waals surface area contributed by atoms with Crippen LogP contribution >= 0.6 is 0 Å². The first kappa shape index (κ1) is 11.7. The molecule has 2 heterocycles. The number of rotatable bonds is 5. The van der Waals surface area contributed by atoms with Crippen LogP contribution in [0.4, 0.5) is 0 Å². The van der Waals surface area contributed by atoms with Gasteiger partial charge in [-0.3, -0.25) is 4.98 Å². The number of pyridine rings is 1. The zero-order chi connectivity index (χ0) is 12.1. The first-order chi connectivity index (χ1) is 8.29. The molecule has 2 aromatic rings. The smallest absolute Gasteiger partial charge is 0.138 e. The third kappa shape index (κ3) is 3.07. The van der Waals surface area contributed by atoms with Crippen molar-refractivity contribution in [3.8, 4) is 5.75 Å². The second kappa shape index (κ2) is 5.50. The van der Waals surface area contributed by atoms with Crippen LogP contribution in [0.2, 0.25) is 0 Å². The lowest BCUT2D eigenvalue weighted by atomic mass is 10.2. The molecule has 0 aromatic carbocycles. The molecule has 0 amide bonds. The molecule has 17 heavy (non-hydrogen) atoms. The summed E-state index contributed by atoms with van der Waals surface area (Å²) in [5.41, 5.74) is 2.04. The summed E-state index contributed by atoms with van der Waals surface area (Å²) in [5.74, 6) is 1.68. The fourth-order valence-corrected chi connectivity index (χ4v) is 1.51. The van der Waals surface area contributed by atoms with Gasteiger partial charge in [0.15, 0.2) is 0 Å². The van der Waals surface area contributed by atoms with E-state index < -0.39 is 0 Å². The molecule has 0 aliphatic rings. The van der Waals surface area contributed by atoms with E-state index in [9.17, 15) is 0 Å². The number of hydrogen-bond acceptors (Lipinski definition) is 4. The first-order valence-electron chi connectivity index (χ1n) is 5.55. The minimum atomic E-state index is 0.498. The summed E-state index contributed by atoms with van der Waals surface area (Å²) in [6.07, 6.45) is 3.41. The summed E-state index contributed by atoms with van der Waals surface area (Å²) >= 11 is 0. The quantitative estimate of drug-likeness (QED) is 0.859. The monoisotopic (exact) mass is 232 g/mol.